The third-order valence-corrected chi connectivity index (χ3v) is 4.45. The first-order valence-corrected chi connectivity index (χ1v) is 9.35. The zero-order chi connectivity index (χ0) is 20.5. The molecule has 4 rings (SSSR count). The van der Waals surface area contributed by atoms with Gasteiger partial charge in [0.25, 0.3) is 5.91 Å². The van der Waals surface area contributed by atoms with Crippen molar-refractivity contribution in [1.29, 1.82) is 0 Å². The van der Waals surface area contributed by atoms with E-state index in [-0.39, 0.29) is 24.2 Å². The predicted molar refractivity (Wildman–Crippen MR) is 105 cm³/mol. The van der Waals surface area contributed by atoms with Gasteiger partial charge in [-0.05, 0) is 19.8 Å². The largest absolute Gasteiger partial charge is 0.461 e. The minimum atomic E-state index is -0.528. The number of rotatable bonds is 7. The molecule has 0 aromatic carbocycles. The summed E-state index contributed by atoms with van der Waals surface area (Å²) >= 11 is 0. The Morgan fingerprint density at radius 2 is 2.14 bits per heavy atom. The zero-order valence-corrected chi connectivity index (χ0v) is 16.4. The molecule has 0 unspecified atom stereocenters. The van der Waals surface area contributed by atoms with E-state index in [2.05, 4.69) is 31.1 Å². The van der Waals surface area contributed by atoms with Gasteiger partial charge in [-0.1, -0.05) is 0 Å². The highest BCUT2D eigenvalue weighted by molar-refractivity contribution is 6.00. The average molecular weight is 398 g/mol. The van der Waals surface area contributed by atoms with Gasteiger partial charge in [0.2, 0.25) is 0 Å². The number of nitrogens with zero attached hydrogens (tertiary/aromatic N) is 5. The number of esters is 1. The van der Waals surface area contributed by atoms with E-state index in [1.165, 1.54) is 10.9 Å². The van der Waals surface area contributed by atoms with Gasteiger partial charge < -0.3 is 20.7 Å². The number of hydrogen-bond acceptors (Lipinski definition) is 8. The van der Waals surface area contributed by atoms with Crippen LogP contribution in [-0.2, 0) is 11.8 Å². The SMILES string of the molecule is CCOC(=O)c1nn(C)cc1Nc1cc(NC)n2ncc(C(=O)NC3CC3)c2n1. The Hall–Kier alpha value is -3.63. The molecular formula is C18H22N8O3. The highest BCUT2D eigenvalue weighted by Gasteiger charge is 2.26. The third kappa shape index (κ3) is 3.71. The monoisotopic (exact) mass is 398 g/mol. The number of aryl methyl sites for hydroxylation is 1. The smallest absolute Gasteiger partial charge is 0.361 e. The molecule has 3 N–H and O–H groups in total. The zero-order valence-electron chi connectivity index (χ0n) is 16.4. The van der Waals surface area contributed by atoms with Crippen molar-refractivity contribution in [2.45, 2.75) is 25.8 Å². The Balaban J connectivity index is 1.71. The quantitative estimate of drug-likeness (QED) is 0.509. The van der Waals surface area contributed by atoms with Crippen molar-refractivity contribution in [3.8, 4) is 0 Å². The Morgan fingerprint density at radius 3 is 2.83 bits per heavy atom. The fourth-order valence-electron chi connectivity index (χ4n) is 2.92. The van der Waals surface area contributed by atoms with E-state index in [1.54, 1.807) is 37.8 Å². The van der Waals surface area contributed by atoms with E-state index in [4.69, 9.17) is 4.74 Å². The number of carbonyl (C=O) groups excluding carboxylic acids is 2. The highest BCUT2D eigenvalue weighted by atomic mass is 16.5. The summed E-state index contributed by atoms with van der Waals surface area (Å²) in [5.74, 6) is 0.327. The molecule has 0 saturated heterocycles. The normalized spacial score (nSPS) is 13.3. The van der Waals surface area contributed by atoms with Crippen LogP contribution >= 0.6 is 0 Å². The van der Waals surface area contributed by atoms with Gasteiger partial charge in [0.05, 0.1) is 18.5 Å². The summed E-state index contributed by atoms with van der Waals surface area (Å²) < 4.78 is 8.13. The maximum atomic E-state index is 12.5. The Kier molecular flexibility index (Phi) is 4.79. The minimum Gasteiger partial charge on any atom is -0.461 e. The number of hydrogen-bond donors (Lipinski definition) is 3. The van der Waals surface area contributed by atoms with Crippen LogP contribution in [-0.4, -0.2) is 56.0 Å². The molecule has 3 aromatic rings. The van der Waals surface area contributed by atoms with Gasteiger partial charge in [0, 0.05) is 32.4 Å². The second-order valence-electron chi connectivity index (χ2n) is 6.73. The van der Waals surface area contributed by atoms with Gasteiger partial charge in [-0.2, -0.15) is 14.7 Å². The second-order valence-corrected chi connectivity index (χ2v) is 6.73. The number of nitrogens with one attached hydrogen (secondary N) is 3. The predicted octanol–water partition coefficient (Wildman–Crippen LogP) is 1.32. The summed E-state index contributed by atoms with van der Waals surface area (Å²) in [4.78, 5) is 29.3. The number of fused-ring (bicyclic) bond motifs is 1. The first-order valence-electron chi connectivity index (χ1n) is 9.35. The molecule has 152 valence electrons. The van der Waals surface area contributed by atoms with Crippen LogP contribution in [0.2, 0.25) is 0 Å². The lowest BCUT2D eigenvalue weighted by Gasteiger charge is -2.10. The van der Waals surface area contributed by atoms with Crippen molar-refractivity contribution < 1.29 is 14.3 Å². The third-order valence-electron chi connectivity index (χ3n) is 4.45. The molecule has 1 amide bonds. The Bertz CT molecular complexity index is 1080. The number of aromatic nitrogens is 5. The molecule has 1 aliphatic rings. The fraction of sp³-hybridized carbons (Fsp3) is 0.389. The van der Waals surface area contributed by atoms with Crippen molar-refractivity contribution in [2.75, 3.05) is 24.3 Å². The van der Waals surface area contributed by atoms with Gasteiger partial charge in [0.1, 0.15) is 17.2 Å². The lowest BCUT2D eigenvalue weighted by Crippen LogP contribution is -2.25. The van der Waals surface area contributed by atoms with E-state index < -0.39 is 5.97 Å². The summed E-state index contributed by atoms with van der Waals surface area (Å²) in [5, 5.41) is 17.5. The maximum Gasteiger partial charge on any atom is 0.361 e. The molecular weight excluding hydrogens is 376 g/mol. The average Bonchev–Trinajstić information content (AvgIpc) is 3.27. The van der Waals surface area contributed by atoms with Crippen LogP contribution in [0.4, 0.5) is 17.3 Å². The molecule has 0 bridgehead atoms. The summed E-state index contributed by atoms with van der Waals surface area (Å²) in [7, 11) is 3.46. The van der Waals surface area contributed by atoms with E-state index in [0.29, 0.717) is 28.5 Å². The highest BCUT2D eigenvalue weighted by Crippen LogP contribution is 2.25. The van der Waals surface area contributed by atoms with Crippen LogP contribution in [0.1, 0.15) is 40.6 Å². The second kappa shape index (κ2) is 7.41. The minimum absolute atomic E-state index is 0.155. The standard InChI is InChI=1S/C18H22N8O3/c1-4-29-18(28)15-12(9-25(3)24-15)22-13-7-14(19-2)26-16(23-13)11(8-20-26)17(27)21-10-5-6-10/h7-10,19H,4-6H2,1-3H3,(H,21,27)(H,22,23). The van der Waals surface area contributed by atoms with Crippen molar-refractivity contribution >= 4 is 34.8 Å². The van der Waals surface area contributed by atoms with Crippen LogP contribution in [0.3, 0.4) is 0 Å². The molecule has 0 spiro atoms. The van der Waals surface area contributed by atoms with E-state index in [0.717, 1.165) is 12.8 Å². The first-order chi connectivity index (χ1) is 14.0. The van der Waals surface area contributed by atoms with Crippen LogP contribution in [0.5, 0.6) is 0 Å². The maximum absolute atomic E-state index is 12.5. The lowest BCUT2D eigenvalue weighted by molar-refractivity contribution is 0.0519. The molecule has 0 aliphatic heterocycles. The van der Waals surface area contributed by atoms with Crippen molar-refractivity contribution in [2.24, 2.45) is 7.05 Å². The number of carbonyl (C=O) groups is 2. The molecule has 1 aliphatic carbocycles. The molecule has 11 nitrogen and oxygen atoms in total. The molecule has 1 saturated carbocycles. The summed E-state index contributed by atoms with van der Waals surface area (Å²) in [6, 6.07) is 1.95. The molecule has 3 heterocycles. The van der Waals surface area contributed by atoms with Crippen molar-refractivity contribution in [3.05, 3.63) is 29.7 Å². The van der Waals surface area contributed by atoms with Gasteiger partial charge in [-0.15, -0.1) is 0 Å². The molecule has 3 aromatic heterocycles. The fourth-order valence-corrected chi connectivity index (χ4v) is 2.92. The Morgan fingerprint density at radius 1 is 1.34 bits per heavy atom. The van der Waals surface area contributed by atoms with Gasteiger partial charge in [-0.3, -0.25) is 9.48 Å². The van der Waals surface area contributed by atoms with Crippen LogP contribution in [0.25, 0.3) is 5.65 Å². The van der Waals surface area contributed by atoms with E-state index in [9.17, 15) is 9.59 Å². The molecule has 0 radical (unpaired) electrons. The first kappa shape index (κ1) is 18.7. The molecule has 0 atom stereocenters. The lowest BCUT2D eigenvalue weighted by atomic mass is 10.3. The summed E-state index contributed by atoms with van der Waals surface area (Å²) in [6.45, 7) is 1.98. The summed E-state index contributed by atoms with van der Waals surface area (Å²) in [6.07, 6.45) is 5.14. The molecule has 29 heavy (non-hydrogen) atoms. The number of ether oxygens (including phenoxy) is 1. The van der Waals surface area contributed by atoms with E-state index in [1.807, 2.05) is 0 Å². The van der Waals surface area contributed by atoms with Crippen LogP contribution in [0.15, 0.2) is 18.5 Å². The molecule has 11 heteroatoms. The van der Waals surface area contributed by atoms with Crippen LogP contribution in [0, 0.1) is 0 Å². The Labute approximate surface area is 166 Å². The van der Waals surface area contributed by atoms with Crippen LogP contribution < -0.4 is 16.0 Å². The van der Waals surface area contributed by atoms with Crippen molar-refractivity contribution in [3.63, 3.8) is 0 Å². The van der Waals surface area contributed by atoms with Gasteiger partial charge in [-0.25, -0.2) is 9.78 Å². The van der Waals surface area contributed by atoms with Gasteiger partial charge >= 0.3 is 5.97 Å². The number of anilines is 3. The molecule has 1 fully saturated rings. The summed E-state index contributed by atoms with van der Waals surface area (Å²) in [5.41, 5.74) is 1.39. The van der Waals surface area contributed by atoms with E-state index >= 15 is 0 Å². The topological polar surface area (TPSA) is 127 Å². The van der Waals surface area contributed by atoms with Crippen molar-refractivity contribution in [1.82, 2.24) is 29.7 Å². The number of amides is 1. The van der Waals surface area contributed by atoms with Gasteiger partial charge in [0.15, 0.2) is 11.3 Å².